The Morgan fingerprint density at radius 3 is 1.16 bits per heavy atom. The lowest BCUT2D eigenvalue weighted by atomic mass is 9.92. The van der Waals surface area contributed by atoms with Crippen LogP contribution in [0.2, 0.25) is 0 Å². The second-order valence-corrected chi connectivity index (χ2v) is 18.1. The van der Waals surface area contributed by atoms with Crippen LogP contribution in [0.1, 0.15) is 233 Å². The molecule has 1 aliphatic rings. The van der Waals surface area contributed by atoms with Crippen LogP contribution >= 0.6 is 0 Å². The highest BCUT2D eigenvalue weighted by atomic mass is 16.5. The molecule has 0 spiro atoms. The molecule has 0 radical (unpaired) electrons. The van der Waals surface area contributed by atoms with Gasteiger partial charge in [0.2, 0.25) is 0 Å². The number of hydrogen-bond acceptors (Lipinski definition) is 7. The fourth-order valence-corrected chi connectivity index (χ4v) is 8.92. The molecule has 1 N–H and O–H groups in total. The van der Waals surface area contributed by atoms with Gasteiger partial charge in [0, 0.05) is 52.1 Å². The number of aliphatic hydroxyl groups excluding tert-OH is 1. The first kappa shape index (κ1) is 53.8. The van der Waals surface area contributed by atoms with Gasteiger partial charge in [0.25, 0.3) is 0 Å². The van der Waals surface area contributed by atoms with Crippen molar-refractivity contribution in [3.63, 3.8) is 0 Å². The fraction of sp³-hybridized carbons (Fsp3) is 0.960. The highest BCUT2D eigenvalue weighted by Crippen LogP contribution is 2.24. The Hall–Kier alpha value is -1.18. The molecule has 0 unspecified atom stereocenters. The van der Waals surface area contributed by atoms with E-state index in [-0.39, 0.29) is 18.5 Å². The number of aliphatic hydroxyl groups is 1. The van der Waals surface area contributed by atoms with E-state index in [9.17, 15) is 14.7 Å². The number of unbranched alkanes of at least 4 members (excludes halogenated alkanes) is 16. The molecular weight excluding hydrogens is 709 g/mol. The van der Waals surface area contributed by atoms with E-state index in [1.165, 1.54) is 161 Å². The van der Waals surface area contributed by atoms with Gasteiger partial charge in [-0.25, -0.2) is 0 Å². The van der Waals surface area contributed by atoms with Gasteiger partial charge in [-0.2, -0.15) is 0 Å². The Morgan fingerprint density at radius 1 is 0.439 bits per heavy atom. The van der Waals surface area contributed by atoms with Crippen LogP contribution in [0.4, 0.5) is 0 Å². The Labute approximate surface area is 354 Å². The Balaban J connectivity index is 2.29. The van der Waals surface area contributed by atoms with Crippen LogP contribution < -0.4 is 0 Å². The third-order valence-electron chi connectivity index (χ3n) is 12.8. The van der Waals surface area contributed by atoms with Crippen molar-refractivity contribution in [3.05, 3.63) is 0 Å². The van der Waals surface area contributed by atoms with E-state index in [0.29, 0.717) is 37.9 Å². The molecule has 0 aromatic heterocycles. The van der Waals surface area contributed by atoms with Crippen LogP contribution in [0, 0.1) is 17.8 Å². The first-order valence-corrected chi connectivity index (χ1v) is 25.3. The van der Waals surface area contributed by atoms with Crippen molar-refractivity contribution in [1.29, 1.82) is 0 Å². The minimum Gasteiger partial charge on any atom is -0.466 e. The Kier molecular flexibility index (Phi) is 38.0. The van der Waals surface area contributed by atoms with Crippen LogP contribution in [0.25, 0.3) is 0 Å². The van der Waals surface area contributed by atoms with E-state index in [2.05, 4.69) is 37.5 Å². The molecule has 7 heteroatoms. The third-order valence-corrected chi connectivity index (χ3v) is 12.8. The van der Waals surface area contributed by atoms with Crippen molar-refractivity contribution in [3.8, 4) is 0 Å². The van der Waals surface area contributed by atoms with E-state index in [4.69, 9.17) is 9.47 Å². The van der Waals surface area contributed by atoms with Crippen molar-refractivity contribution in [2.45, 2.75) is 233 Å². The molecule has 1 fully saturated rings. The van der Waals surface area contributed by atoms with Gasteiger partial charge in [-0.3, -0.25) is 14.5 Å². The zero-order valence-corrected chi connectivity index (χ0v) is 38.7. The molecule has 0 aliphatic carbocycles. The van der Waals surface area contributed by atoms with Crippen molar-refractivity contribution in [2.24, 2.45) is 17.8 Å². The SMILES string of the molecule is CCCCCC(CCCCC)CCOC(=O)CCCCCCCC(CCCCCCCC(=O)OCCC(CCCCC)CCCCC)CN1CCN(CCO)CC1. The van der Waals surface area contributed by atoms with Crippen molar-refractivity contribution < 1.29 is 24.2 Å². The maximum absolute atomic E-state index is 12.4. The van der Waals surface area contributed by atoms with Crippen molar-refractivity contribution in [1.82, 2.24) is 9.80 Å². The van der Waals surface area contributed by atoms with E-state index < -0.39 is 0 Å². The second kappa shape index (κ2) is 40.2. The summed E-state index contributed by atoms with van der Waals surface area (Å²) in [6, 6.07) is 0. The zero-order valence-electron chi connectivity index (χ0n) is 38.7. The van der Waals surface area contributed by atoms with E-state index in [1.807, 2.05) is 0 Å². The molecule has 0 amide bonds. The first-order valence-electron chi connectivity index (χ1n) is 25.3. The summed E-state index contributed by atoms with van der Waals surface area (Å²) in [5, 5.41) is 9.36. The maximum Gasteiger partial charge on any atom is 0.305 e. The van der Waals surface area contributed by atoms with Gasteiger partial charge < -0.3 is 19.5 Å². The number of carbonyl (C=O) groups excluding carboxylic acids is 2. The summed E-state index contributed by atoms with van der Waals surface area (Å²) in [5.41, 5.74) is 0. The van der Waals surface area contributed by atoms with Crippen LogP contribution in [0.3, 0.4) is 0 Å². The smallest absolute Gasteiger partial charge is 0.305 e. The van der Waals surface area contributed by atoms with Gasteiger partial charge in [-0.1, -0.05) is 182 Å². The number of esters is 2. The molecule has 0 aromatic carbocycles. The van der Waals surface area contributed by atoms with Crippen LogP contribution in [0.5, 0.6) is 0 Å². The predicted molar refractivity (Wildman–Crippen MR) is 243 cm³/mol. The largest absolute Gasteiger partial charge is 0.466 e. The summed E-state index contributed by atoms with van der Waals surface area (Å²) in [5.74, 6) is 2.17. The minimum absolute atomic E-state index is 0.00429. The average molecular weight is 807 g/mol. The summed E-state index contributed by atoms with van der Waals surface area (Å²) in [6.07, 6.45) is 38.1. The van der Waals surface area contributed by atoms with Gasteiger partial charge in [-0.15, -0.1) is 0 Å². The van der Waals surface area contributed by atoms with Crippen molar-refractivity contribution >= 4 is 11.9 Å². The maximum atomic E-state index is 12.4. The summed E-state index contributed by atoms with van der Waals surface area (Å²) in [4.78, 5) is 29.9. The molecular formula is C50H98N2O5. The van der Waals surface area contributed by atoms with Crippen LogP contribution in [0.15, 0.2) is 0 Å². The number of ether oxygens (including phenoxy) is 2. The quantitative estimate of drug-likeness (QED) is 0.0486. The van der Waals surface area contributed by atoms with Gasteiger partial charge in [0.15, 0.2) is 0 Å². The number of rotatable bonds is 42. The molecule has 1 rings (SSSR count). The number of piperazine rings is 1. The number of β-amino-alcohol motifs (C(OH)–C–C–N with tert-alkyl or cyclic N) is 1. The van der Waals surface area contributed by atoms with Crippen molar-refractivity contribution in [2.75, 3.05) is 59.1 Å². The molecule has 1 heterocycles. The molecule has 0 bridgehead atoms. The van der Waals surface area contributed by atoms with E-state index >= 15 is 0 Å². The standard InChI is InChI=1S/C50H98N2O5/c1-5-9-19-27-46(28-20-10-6-2)35-43-56-49(54)33-25-17-13-15-23-31-48(45-52-39-37-51(38-40-52)41-42-53)32-24-16-14-18-26-34-50(55)57-44-36-47(29-21-11-7-3)30-22-12-8-4/h46-48,53H,5-45H2,1-4H3. The third kappa shape index (κ3) is 33.3. The number of carbonyl (C=O) groups is 2. The van der Waals surface area contributed by atoms with Gasteiger partial charge in [0.1, 0.15) is 0 Å². The number of hydrogen-bond donors (Lipinski definition) is 1. The first-order chi connectivity index (χ1) is 27.9. The average Bonchev–Trinajstić information content (AvgIpc) is 3.20. The number of nitrogens with zero attached hydrogens (tertiary/aromatic N) is 2. The molecule has 1 aliphatic heterocycles. The topological polar surface area (TPSA) is 79.3 Å². The highest BCUT2D eigenvalue weighted by Gasteiger charge is 2.20. The van der Waals surface area contributed by atoms with Gasteiger partial charge in [-0.05, 0) is 56.3 Å². The van der Waals surface area contributed by atoms with Gasteiger partial charge >= 0.3 is 11.9 Å². The zero-order chi connectivity index (χ0) is 41.4. The fourth-order valence-electron chi connectivity index (χ4n) is 8.92. The van der Waals surface area contributed by atoms with E-state index in [1.54, 1.807) is 0 Å². The molecule has 338 valence electrons. The lowest BCUT2D eigenvalue weighted by Crippen LogP contribution is -2.48. The second-order valence-electron chi connectivity index (χ2n) is 18.1. The lowest BCUT2D eigenvalue weighted by molar-refractivity contribution is -0.145. The van der Waals surface area contributed by atoms with E-state index in [0.717, 1.165) is 77.2 Å². The van der Waals surface area contributed by atoms with Crippen LogP contribution in [-0.2, 0) is 19.1 Å². The monoisotopic (exact) mass is 807 g/mol. The Morgan fingerprint density at radius 2 is 0.772 bits per heavy atom. The molecule has 57 heavy (non-hydrogen) atoms. The summed E-state index contributed by atoms with van der Waals surface area (Å²) in [7, 11) is 0. The van der Waals surface area contributed by atoms with Gasteiger partial charge in [0.05, 0.1) is 19.8 Å². The normalized spacial score (nSPS) is 14.0. The summed E-state index contributed by atoms with van der Waals surface area (Å²) in [6.45, 7) is 16.9. The highest BCUT2D eigenvalue weighted by molar-refractivity contribution is 5.69. The molecule has 1 saturated heterocycles. The van der Waals surface area contributed by atoms with Crippen LogP contribution in [-0.4, -0.2) is 85.9 Å². The molecule has 0 atom stereocenters. The Bertz CT molecular complexity index is 803. The molecule has 7 nitrogen and oxygen atoms in total. The predicted octanol–water partition coefficient (Wildman–Crippen LogP) is 13.1. The summed E-state index contributed by atoms with van der Waals surface area (Å²) >= 11 is 0. The minimum atomic E-state index is 0.00429. The lowest BCUT2D eigenvalue weighted by Gasteiger charge is -2.36. The summed E-state index contributed by atoms with van der Waals surface area (Å²) < 4.78 is 11.4. The molecule has 0 saturated carbocycles. The molecule has 0 aromatic rings.